The molecular weight excluding hydrogens is 259 g/mol. The molecular formula is C12H10ClFN2O2. The summed E-state index contributed by atoms with van der Waals surface area (Å²) in [6.45, 7) is 1.56. The van der Waals surface area contributed by atoms with Gasteiger partial charge >= 0.3 is 5.97 Å². The van der Waals surface area contributed by atoms with Gasteiger partial charge in [0.1, 0.15) is 5.82 Å². The Morgan fingerprint density at radius 1 is 1.50 bits per heavy atom. The van der Waals surface area contributed by atoms with Crippen molar-refractivity contribution < 1.29 is 14.3 Å². The summed E-state index contributed by atoms with van der Waals surface area (Å²) >= 11 is 5.74. The maximum atomic E-state index is 13.2. The van der Waals surface area contributed by atoms with Gasteiger partial charge in [0.2, 0.25) is 0 Å². The summed E-state index contributed by atoms with van der Waals surface area (Å²) in [6.07, 6.45) is 2.99. The standard InChI is InChI=1S/C12H10ClFN2O2/c1-7(12(17)18)8-5-15-16(6-8)11-3-9(13)2-10(14)4-11/h2-7H,1H3,(H,17,18). The van der Waals surface area contributed by atoms with E-state index in [2.05, 4.69) is 5.10 Å². The summed E-state index contributed by atoms with van der Waals surface area (Å²) in [5.74, 6) is -2.07. The number of carboxylic acid groups (broad SMARTS) is 1. The molecule has 1 aromatic carbocycles. The fourth-order valence-electron chi connectivity index (χ4n) is 1.52. The van der Waals surface area contributed by atoms with Crippen molar-refractivity contribution in [2.45, 2.75) is 12.8 Å². The average Bonchev–Trinajstić information content (AvgIpc) is 2.75. The summed E-state index contributed by atoms with van der Waals surface area (Å²) in [7, 11) is 0. The molecule has 0 bridgehead atoms. The van der Waals surface area contributed by atoms with Crippen LogP contribution in [0.15, 0.2) is 30.6 Å². The van der Waals surface area contributed by atoms with Gasteiger partial charge in [-0.05, 0) is 25.1 Å². The lowest BCUT2D eigenvalue weighted by molar-refractivity contribution is -0.138. The van der Waals surface area contributed by atoms with Gasteiger partial charge in [-0.25, -0.2) is 9.07 Å². The largest absolute Gasteiger partial charge is 0.481 e. The Hall–Kier alpha value is -1.88. The molecule has 0 amide bonds. The Morgan fingerprint density at radius 3 is 2.83 bits per heavy atom. The lowest BCUT2D eigenvalue weighted by atomic mass is 10.1. The topological polar surface area (TPSA) is 55.1 Å². The Kier molecular flexibility index (Phi) is 3.34. The van der Waals surface area contributed by atoms with E-state index in [0.717, 1.165) is 0 Å². The first kappa shape index (κ1) is 12.6. The predicted octanol–water partition coefficient (Wildman–Crippen LogP) is 2.85. The highest BCUT2D eigenvalue weighted by atomic mass is 35.5. The molecule has 0 aliphatic rings. The Balaban J connectivity index is 2.37. The molecule has 0 aliphatic carbocycles. The summed E-state index contributed by atoms with van der Waals surface area (Å²) in [5, 5.41) is 13.1. The van der Waals surface area contributed by atoms with Crippen LogP contribution in [0.1, 0.15) is 18.4 Å². The number of hydrogen-bond donors (Lipinski definition) is 1. The Morgan fingerprint density at radius 2 is 2.22 bits per heavy atom. The fourth-order valence-corrected chi connectivity index (χ4v) is 1.73. The molecule has 0 saturated carbocycles. The molecule has 2 rings (SSSR count). The van der Waals surface area contributed by atoms with Crippen molar-refractivity contribution in [1.82, 2.24) is 9.78 Å². The third-order valence-corrected chi connectivity index (χ3v) is 2.80. The van der Waals surface area contributed by atoms with E-state index in [-0.39, 0.29) is 5.02 Å². The number of aliphatic carboxylic acids is 1. The van der Waals surface area contributed by atoms with Crippen LogP contribution >= 0.6 is 11.6 Å². The highest BCUT2D eigenvalue weighted by molar-refractivity contribution is 6.30. The Bertz CT molecular complexity index is 577. The number of nitrogens with zero attached hydrogens (tertiary/aromatic N) is 2. The van der Waals surface area contributed by atoms with E-state index in [1.54, 1.807) is 19.2 Å². The van der Waals surface area contributed by atoms with Crippen LogP contribution in [0.3, 0.4) is 0 Å². The van der Waals surface area contributed by atoms with Crippen LogP contribution in [-0.2, 0) is 4.79 Å². The van der Waals surface area contributed by atoms with Gasteiger partial charge in [0.15, 0.2) is 0 Å². The number of halogens is 2. The van der Waals surface area contributed by atoms with Crippen molar-refractivity contribution in [3.63, 3.8) is 0 Å². The molecule has 0 aliphatic heterocycles. The predicted molar refractivity (Wildman–Crippen MR) is 64.6 cm³/mol. The number of carboxylic acids is 1. The molecule has 0 spiro atoms. The summed E-state index contributed by atoms with van der Waals surface area (Å²) in [5.41, 5.74) is 0.992. The highest BCUT2D eigenvalue weighted by Gasteiger charge is 2.16. The van der Waals surface area contributed by atoms with Crippen molar-refractivity contribution in [2.24, 2.45) is 0 Å². The molecule has 18 heavy (non-hydrogen) atoms. The van der Waals surface area contributed by atoms with E-state index >= 15 is 0 Å². The monoisotopic (exact) mass is 268 g/mol. The molecule has 4 nitrogen and oxygen atoms in total. The number of hydrogen-bond acceptors (Lipinski definition) is 2. The maximum absolute atomic E-state index is 13.2. The van der Waals surface area contributed by atoms with Crippen LogP contribution in [-0.4, -0.2) is 20.9 Å². The van der Waals surface area contributed by atoms with E-state index in [9.17, 15) is 9.18 Å². The summed E-state index contributed by atoms with van der Waals surface area (Å²) in [4.78, 5) is 10.8. The molecule has 0 fully saturated rings. The second kappa shape index (κ2) is 4.78. The van der Waals surface area contributed by atoms with Crippen molar-refractivity contribution >= 4 is 17.6 Å². The first-order valence-electron chi connectivity index (χ1n) is 5.21. The molecule has 94 valence electrons. The minimum absolute atomic E-state index is 0.258. The lowest BCUT2D eigenvalue weighted by Gasteiger charge is -2.03. The van der Waals surface area contributed by atoms with Crippen LogP contribution in [0.4, 0.5) is 4.39 Å². The van der Waals surface area contributed by atoms with Gasteiger partial charge in [-0.1, -0.05) is 11.6 Å². The quantitative estimate of drug-likeness (QED) is 0.931. The van der Waals surface area contributed by atoms with Gasteiger partial charge in [-0.3, -0.25) is 4.79 Å². The van der Waals surface area contributed by atoms with Crippen molar-refractivity contribution in [3.05, 3.63) is 47.0 Å². The first-order chi connectivity index (χ1) is 8.47. The molecule has 2 aromatic rings. The van der Waals surface area contributed by atoms with Crippen LogP contribution < -0.4 is 0 Å². The van der Waals surface area contributed by atoms with Gasteiger partial charge in [0.05, 0.1) is 17.8 Å². The molecule has 6 heteroatoms. The van der Waals surface area contributed by atoms with Gasteiger partial charge in [0.25, 0.3) is 0 Å². The van der Waals surface area contributed by atoms with Crippen molar-refractivity contribution in [3.8, 4) is 5.69 Å². The fraction of sp³-hybridized carbons (Fsp3) is 0.167. The molecule has 1 heterocycles. The van der Waals surface area contributed by atoms with Crippen LogP contribution in [0.2, 0.25) is 5.02 Å². The van der Waals surface area contributed by atoms with Crippen molar-refractivity contribution in [1.29, 1.82) is 0 Å². The third-order valence-electron chi connectivity index (χ3n) is 2.58. The minimum atomic E-state index is -0.938. The molecule has 1 aromatic heterocycles. The second-order valence-electron chi connectivity index (χ2n) is 3.91. The number of carbonyl (C=O) groups is 1. The highest BCUT2D eigenvalue weighted by Crippen LogP contribution is 2.20. The summed E-state index contributed by atoms with van der Waals surface area (Å²) in [6, 6.07) is 4.01. The molecule has 1 unspecified atom stereocenters. The SMILES string of the molecule is CC(C(=O)O)c1cnn(-c2cc(F)cc(Cl)c2)c1. The third kappa shape index (κ3) is 2.51. The van der Waals surface area contributed by atoms with Crippen LogP contribution in [0.5, 0.6) is 0 Å². The van der Waals surface area contributed by atoms with Gasteiger partial charge in [-0.15, -0.1) is 0 Å². The molecule has 0 saturated heterocycles. The minimum Gasteiger partial charge on any atom is -0.481 e. The van der Waals surface area contributed by atoms with Crippen LogP contribution in [0.25, 0.3) is 5.69 Å². The van der Waals surface area contributed by atoms with E-state index in [1.165, 1.54) is 23.0 Å². The first-order valence-corrected chi connectivity index (χ1v) is 5.59. The van der Waals surface area contributed by atoms with E-state index in [1.807, 2.05) is 0 Å². The van der Waals surface area contributed by atoms with Crippen molar-refractivity contribution in [2.75, 3.05) is 0 Å². The van der Waals surface area contributed by atoms with E-state index in [0.29, 0.717) is 11.3 Å². The Labute approximate surface area is 108 Å². The number of rotatable bonds is 3. The zero-order valence-electron chi connectivity index (χ0n) is 9.47. The average molecular weight is 269 g/mol. The zero-order chi connectivity index (χ0) is 13.3. The van der Waals surface area contributed by atoms with E-state index in [4.69, 9.17) is 16.7 Å². The second-order valence-corrected chi connectivity index (χ2v) is 4.34. The smallest absolute Gasteiger partial charge is 0.310 e. The number of benzene rings is 1. The number of aromatic nitrogens is 2. The zero-order valence-corrected chi connectivity index (χ0v) is 10.2. The van der Waals surface area contributed by atoms with Gasteiger partial charge in [-0.2, -0.15) is 5.10 Å². The van der Waals surface area contributed by atoms with E-state index < -0.39 is 17.7 Å². The summed E-state index contributed by atoms with van der Waals surface area (Å²) < 4.78 is 14.6. The molecule has 1 atom stereocenters. The normalized spacial score (nSPS) is 12.4. The molecule has 0 radical (unpaired) electrons. The lowest BCUT2D eigenvalue weighted by Crippen LogP contribution is -2.06. The van der Waals surface area contributed by atoms with Gasteiger partial charge < -0.3 is 5.11 Å². The molecule has 1 N–H and O–H groups in total. The van der Waals surface area contributed by atoms with Gasteiger partial charge in [0, 0.05) is 16.8 Å². The maximum Gasteiger partial charge on any atom is 0.310 e. The van der Waals surface area contributed by atoms with Crippen LogP contribution in [0, 0.1) is 5.82 Å².